The molecule has 1 N–H and O–H groups in total. The number of carbonyl (C=O) groups excluding carboxylic acids is 2. The van der Waals surface area contributed by atoms with Crippen LogP contribution in [0.15, 0.2) is 394 Å². The van der Waals surface area contributed by atoms with Crippen LogP contribution < -0.4 is 5.32 Å². The first-order valence-corrected chi connectivity index (χ1v) is 45.7. The zero-order chi connectivity index (χ0) is 89.8. The van der Waals surface area contributed by atoms with Crippen molar-refractivity contribution in [2.45, 2.75) is 177 Å². The maximum absolute atomic E-state index is 18.5. The third-order valence-corrected chi connectivity index (χ3v) is 23.9. The first-order valence-electron chi connectivity index (χ1n) is 45.7. The molecule has 2 amide bonds. The molecule has 13 aromatic carbocycles. The van der Waals surface area contributed by atoms with E-state index in [-0.39, 0.29) is 112 Å². The van der Waals surface area contributed by atoms with Crippen LogP contribution >= 0.6 is 0 Å². The van der Waals surface area contributed by atoms with Crippen LogP contribution in [0.2, 0.25) is 0 Å². The number of rotatable bonds is 47. The van der Waals surface area contributed by atoms with Gasteiger partial charge in [-0.25, -0.2) is 0 Å². The highest BCUT2D eigenvalue weighted by atomic mass is 16.6. The van der Waals surface area contributed by atoms with E-state index in [1.54, 1.807) is 4.90 Å². The van der Waals surface area contributed by atoms with E-state index < -0.39 is 109 Å². The second kappa shape index (κ2) is 50.2. The summed E-state index contributed by atoms with van der Waals surface area (Å²) in [4.78, 5) is 37.6. The standard InChI is InChI=1S/C113H116N2O17/c116-112(114-66-96-102(121-71-86-46-20-4-21-47-86)107(126-76-91-56-30-9-31-57-91)104(123-73-88-50-24-6-25-51-88)98(130-96)80-118-68-83-40-14-1-15-41-83)101(95-64-38-13-39-65-95)115(67-97-103(122-72-87-48-22-5-23-49-87)108(127-77-92-58-32-10-33-59-92)105(124-74-89-52-26-7-27-53-89)99(131-97)81-119-69-84-42-16-2-17-43-84)113(117)111-110(129-79-94-62-36-12-37-63-94)109(128-78-93-60-34-11-35-61-93)106(125-75-90-54-28-8-29-55-90)100(132-111)82-120-70-85-44-18-3-19-45-85/h1-65,96-111H,66-82H2,(H,114,116)/t96-,97-,98+,99+,100+,101?,102-,103-,104+,105+,106+,107+,108+,109-,110+,111+/m0/s1. The van der Waals surface area contributed by atoms with Crippen LogP contribution in [0.5, 0.6) is 0 Å². The van der Waals surface area contributed by atoms with Crippen LogP contribution in [-0.4, -0.2) is 141 Å². The molecule has 3 aliphatic heterocycles. The maximum Gasteiger partial charge on any atom is 0.255 e. The van der Waals surface area contributed by atoms with Crippen molar-refractivity contribution in [2.75, 3.05) is 32.9 Å². The van der Waals surface area contributed by atoms with E-state index in [9.17, 15) is 0 Å². The van der Waals surface area contributed by atoms with Gasteiger partial charge >= 0.3 is 0 Å². The summed E-state index contributed by atoms with van der Waals surface area (Å²) in [5, 5.41) is 3.47. The number of hydrogen-bond acceptors (Lipinski definition) is 17. The van der Waals surface area contributed by atoms with Crippen molar-refractivity contribution in [1.82, 2.24) is 10.2 Å². The Hall–Kier alpha value is -11.8. The quantitative estimate of drug-likeness (QED) is 0.0379. The third kappa shape index (κ3) is 27.2. The van der Waals surface area contributed by atoms with E-state index in [4.69, 9.17) is 71.1 Å². The molecule has 3 heterocycles. The highest BCUT2D eigenvalue weighted by Crippen LogP contribution is 2.39. The average molecular weight is 1770 g/mol. The van der Waals surface area contributed by atoms with E-state index in [0.29, 0.717) is 5.56 Å². The van der Waals surface area contributed by atoms with Crippen molar-refractivity contribution in [3.63, 3.8) is 0 Å². The normalized spacial score (nSPS) is 22.1. The summed E-state index contributed by atoms with van der Waals surface area (Å²) in [7, 11) is 0. The van der Waals surface area contributed by atoms with Gasteiger partial charge in [-0.1, -0.05) is 394 Å². The van der Waals surface area contributed by atoms with Crippen LogP contribution in [0, 0.1) is 0 Å². The Morgan fingerprint density at radius 3 is 0.712 bits per heavy atom. The molecule has 16 atom stereocenters. The van der Waals surface area contributed by atoms with Gasteiger partial charge in [-0.15, -0.1) is 0 Å². The summed E-state index contributed by atoms with van der Waals surface area (Å²) < 4.78 is 110. The Labute approximate surface area is 774 Å². The van der Waals surface area contributed by atoms with Gasteiger partial charge in [0.25, 0.3) is 5.91 Å². The zero-order valence-electron chi connectivity index (χ0n) is 74.2. The molecule has 3 aliphatic rings. The molecular weight excluding hydrogens is 1660 g/mol. The number of nitrogens with one attached hydrogen (secondary N) is 1. The Balaban J connectivity index is 0.853. The van der Waals surface area contributed by atoms with Gasteiger partial charge in [0.2, 0.25) is 5.91 Å². The SMILES string of the molecule is O=C(NC[C@@H]1O[C@H](COCc2ccccc2)[C@@H](OCc2ccccc2)[C@H](OCc2ccccc2)[C@H]1OCc1ccccc1)C(c1ccccc1)N(C[C@@H]1O[C@H](COCc2ccccc2)[C@@H](OCc2ccccc2)[C@H](OCc2ccccc2)[C@H]1OCc1ccccc1)C(=O)[C@@H]1O[C@H](COCc2ccccc2)[C@@H](OCc2ccccc2)[C@H](OCc2ccccc2)[C@H]1OCc1ccccc1. The first-order chi connectivity index (χ1) is 65.3. The topological polar surface area (TPSA) is 188 Å². The summed E-state index contributed by atoms with van der Waals surface area (Å²) in [6, 6.07) is 127. The third-order valence-electron chi connectivity index (χ3n) is 23.9. The van der Waals surface area contributed by atoms with Crippen molar-refractivity contribution in [3.05, 3.63) is 467 Å². The van der Waals surface area contributed by atoms with Crippen molar-refractivity contribution < 1.29 is 80.6 Å². The number of benzene rings is 13. The van der Waals surface area contributed by atoms with Crippen LogP contribution in [0.25, 0.3) is 0 Å². The van der Waals surface area contributed by atoms with Gasteiger partial charge in [-0.05, 0) is 72.3 Å². The van der Waals surface area contributed by atoms with Crippen LogP contribution in [0.3, 0.4) is 0 Å². The van der Waals surface area contributed by atoms with Gasteiger partial charge in [-0.3, -0.25) is 9.59 Å². The number of nitrogens with zero attached hydrogens (tertiary/aromatic N) is 1. The molecule has 3 fully saturated rings. The van der Waals surface area contributed by atoms with E-state index in [1.807, 2.05) is 394 Å². The van der Waals surface area contributed by atoms with Gasteiger partial charge in [0.1, 0.15) is 91.5 Å². The monoisotopic (exact) mass is 1770 g/mol. The molecule has 16 rings (SSSR count). The lowest BCUT2D eigenvalue weighted by Crippen LogP contribution is -2.67. The molecule has 132 heavy (non-hydrogen) atoms. The van der Waals surface area contributed by atoms with Crippen molar-refractivity contribution in [3.8, 4) is 0 Å². The minimum Gasteiger partial charge on any atom is -0.374 e. The minimum atomic E-state index is -1.62. The van der Waals surface area contributed by atoms with Crippen molar-refractivity contribution in [1.29, 1.82) is 0 Å². The van der Waals surface area contributed by atoms with Gasteiger partial charge in [0, 0.05) is 6.54 Å². The number of carbonyl (C=O) groups is 2. The molecule has 19 heteroatoms. The summed E-state index contributed by atoms with van der Waals surface area (Å²) in [5.74, 6) is -1.28. The summed E-state index contributed by atoms with van der Waals surface area (Å²) in [6.07, 6.45) is -15.5. The second-order valence-corrected chi connectivity index (χ2v) is 33.4. The molecule has 680 valence electrons. The maximum atomic E-state index is 18.5. The fraction of sp³-hybridized carbons (Fsp3) is 0.292. The van der Waals surface area contributed by atoms with E-state index >= 15 is 9.59 Å². The largest absolute Gasteiger partial charge is 0.374 e. The molecule has 19 nitrogen and oxygen atoms in total. The second-order valence-electron chi connectivity index (χ2n) is 33.4. The molecule has 0 saturated carbocycles. The number of hydrogen-bond donors (Lipinski definition) is 1. The zero-order valence-corrected chi connectivity index (χ0v) is 74.2. The molecule has 3 saturated heterocycles. The lowest BCUT2D eigenvalue weighted by molar-refractivity contribution is -0.279. The highest BCUT2D eigenvalue weighted by molar-refractivity contribution is 5.91. The molecular formula is C113H116N2O17. The van der Waals surface area contributed by atoms with Crippen molar-refractivity contribution >= 4 is 11.8 Å². The van der Waals surface area contributed by atoms with E-state index in [0.717, 1.165) is 66.8 Å². The average Bonchev–Trinajstić information content (AvgIpc) is 0.758. The van der Waals surface area contributed by atoms with Crippen LogP contribution in [0.1, 0.15) is 78.4 Å². The van der Waals surface area contributed by atoms with Gasteiger partial charge in [-0.2, -0.15) is 0 Å². The fourth-order valence-corrected chi connectivity index (χ4v) is 17.2. The van der Waals surface area contributed by atoms with E-state index in [2.05, 4.69) is 5.32 Å². The minimum absolute atomic E-state index is 0.00891. The van der Waals surface area contributed by atoms with Gasteiger partial charge in [0.15, 0.2) is 6.10 Å². The molecule has 0 spiro atoms. The summed E-state index contributed by atoms with van der Waals surface area (Å²) in [6.45, 7) is 1.03. The smallest absolute Gasteiger partial charge is 0.255 e. The first kappa shape index (κ1) is 93.4. The van der Waals surface area contributed by atoms with E-state index in [1.165, 1.54) is 0 Å². The Morgan fingerprint density at radius 2 is 0.439 bits per heavy atom. The summed E-state index contributed by atoms with van der Waals surface area (Å²) in [5.41, 5.74) is 11.2. The molecule has 0 bridgehead atoms. The fourth-order valence-electron chi connectivity index (χ4n) is 17.2. The Morgan fingerprint density at radius 1 is 0.235 bits per heavy atom. The van der Waals surface area contributed by atoms with Gasteiger partial charge in [0.05, 0.1) is 106 Å². The van der Waals surface area contributed by atoms with Gasteiger partial charge < -0.3 is 81.3 Å². The highest BCUT2D eigenvalue weighted by Gasteiger charge is 2.56. The number of amides is 2. The van der Waals surface area contributed by atoms with Crippen LogP contribution in [-0.2, 0) is 160 Å². The lowest BCUT2D eigenvalue weighted by Gasteiger charge is -2.49. The van der Waals surface area contributed by atoms with Crippen molar-refractivity contribution in [2.24, 2.45) is 0 Å². The molecule has 0 aliphatic carbocycles. The number of ether oxygens (including phenoxy) is 15. The Bertz CT molecular complexity index is 5420. The summed E-state index contributed by atoms with van der Waals surface area (Å²) >= 11 is 0. The lowest BCUT2D eigenvalue weighted by atomic mass is 9.90. The molecule has 0 aromatic heterocycles. The predicted octanol–water partition coefficient (Wildman–Crippen LogP) is 18.9. The van der Waals surface area contributed by atoms with Crippen LogP contribution in [0.4, 0.5) is 0 Å². The Kier molecular flexibility index (Phi) is 35.5. The molecule has 13 aromatic rings. The molecule has 1 unspecified atom stereocenters. The predicted molar refractivity (Wildman–Crippen MR) is 503 cm³/mol. The molecule has 0 radical (unpaired) electrons.